The van der Waals surface area contributed by atoms with Gasteiger partial charge in [-0.15, -0.1) is 0 Å². The fraction of sp³-hybridized carbons (Fsp3) is 0.900. The molecule has 4 N–H and O–H groups in total. The lowest BCUT2D eigenvalue weighted by Crippen LogP contribution is -2.70. The molecule has 146 valence electrons. The second-order valence-electron chi connectivity index (χ2n) is 9.88. The van der Waals surface area contributed by atoms with Gasteiger partial charge in [0.05, 0.1) is 23.0 Å². The van der Waals surface area contributed by atoms with Gasteiger partial charge in [0.15, 0.2) is 5.78 Å². The highest BCUT2D eigenvalue weighted by molar-refractivity contribution is 5.97. The third kappa shape index (κ3) is 1.70. The van der Waals surface area contributed by atoms with E-state index in [9.17, 15) is 30.0 Å². The lowest BCUT2D eigenvalue weighted by Gasteiger charge is -2.66. The van der Waals surface area contributed by atoms with Gasteiger partial charge in [0.25, 0.3) is 0 Å². The van der Waals surface area contributed by atoms with Crippen LogP contribution >= 0.6 is 0 Å². The zero-order valence-electron chi connectivity index (χ0n) is 15.6. The molecular weight excluding hydrogens is 336 g/mol. The number of carboxylic acids is 1. The van der Waals surface area contributed by atoms with E-state index in [-0.39, 0.29) is 11.8 Å². The number of carbonyl (C=O) groups is 2. The van der Waals surface area contributed by atoms with E-state index < -0.39 is 45.8 Å². The van der Waals surface area contributed by atoms with Gasteiger partial charge in [-0.1, -0.05) is 13.3 Å². The zero-order chi connectivity index (χ0) is 19.2. The fourth-order valence-corrected chi connectivity index (χ4v) is 7.71. The fourth-order valence-electron chi connectivity index (χ4n) is 7.71. The Morgan fingerprint density at radius 3 is 2.42 bits per heavy atom. The van der Waals surface area contributed by atoms with Crippen LogP contribution in [0.1, 0.15) is 65.2 Å². The van der Waals surface area contributed by atoms with Gasteiger partial charge in [0, 0.05) is 5.41 Å². The number of hydrogen-bond donors (Lipinski definition) is 4. The van der Waals surface area contributed by atoms with Crippen molar-refractivity contribution < 1.29 is 30.0 Å². The van der Waals surface area contributed by atoms with Crippen molar-refractivity contribution in [1.82, 2.24) is 0 Å². The van der Waals surface area contributed by atoms with Gasteiger partial charge in [0.2, 0.25) is 0 Å². The van der Waals surface area contributed by atoms with Crippen molar-refractivity contribution in [1.29, 1.82) is 0 Å². The minimum Gasteiger partial charge on any atom is -0.481 e. The summed E-state index contributed by atoms with van der Waals surface area (Å²) in [6.45, 7) is 3.13. The summed E-state index contributed by atoms with van der Waals surface area (Å²) in [5, 5.41) is 42.5. The second kappa shape index (κ2) is 5.09. The van der Waals surface area contributed by atoms with Crippen LogP contribution in [0.15, 0.2) is 0 Å². The summed E-state index contributed by atoms with van der Waals surface area (Å²) >= 11 is 0. The minimum atomic E-state index is -1.77. The normalized spacial score (nSPS) is 56.0. The number of ketones is 1. The topological polar surface area (TPSA) is 115 Å². The van der Waals surface area contributed by atoms with Crippen molar-refractivity contribution in [2.45, 2.75) is 76.4 Å². The molecule has 0 aliphatic heterocycles. The number of aliphatic hydroxyl groups is 3. The van der Waals surface area contributed by atoms with Crippen LogP contribution in [0.25, 0.3) is 0 Å². The molecule has 7 atom stereocenters. The predicted molar refractivity (Wildman–Crippen MR) is 92.2 cm³/mol. The molecule has 6 heteroatoms. The van der Waals surface area contributed by atoms with Crippen molar-refractivity contribution in [3.05, 3.63) is 0 Å². The number of aliphatic carboxylic acids is 1. The minimum absolute atomic E-state index is 0.205. The van der Waals surface area contributed by atoms with Gasteiger partial charge >= 0.3 is 5.97 Å². The number of carboxylic acid groups (broad SMARTS) is 1. The van der Waals surface area contributed by atoms with Crippen molar-refractivity contribution in [3.63, 3.8) is 0 Å². The zero-order valence-corrected chi connectivity index (χ0v) is 15.6. The van der Waals surface area contributed by atoms with Gasteiger partial charge in [-0.25, -0.2) is 0 Å². The lowest BCUT2D eigenvalue weighted by atomic mass is 9.38. The van der Waals surface area contributed by atoms with E-state index in [1.54, 1.807) is 6.92 Å². The van der Waals surface area contributed by atoms with Crippen molar-refractivity contribution in [2.24, 2.45) is 28.1 Å². The summed E-state index contributed by atoms with van der Waals surface area (Å²) in [6, 6.07) is 0. The average Bonchev–Trinajstić information content (AvgIpc) is 2.77. The van der Waals surface area contributed by atoms with Crippen LogP contribution in [0, 0.1) is 28.1 Å². The van der Waals surface area contributed by atoms with Gasteiger partial charge in [-0.3, -0.25) is 9.59 Å². The Bertz CT molecular complexity index is 677. The first-order valence-corrected chi connectivity index (χ1v) is 9.86. The van der Waals surface area contributed by atoms with E-state index in [2.05, 4.69) is 0 Å². The molecule has 4 rings (SSSR count). The van der Waals surface area contributed by atoms with E-state index in [0.29, 0.717) is 51.4 Å². The first-order chi connectivity index (χ1) is 12.0. The summed E-state index contributed by atoms with van der Waals surface area (Å²) in [5.74, 6) is -1.77. The van der Waals surface area contributed by atoms with Crippen molar-refractivity contribution in [3.8, 4) is 0 Å². The SMILES string of the molecule is C[C@@]1(C(=O)O)CCC[C@]2(C)[C@@H]1CC[C@@]13C[C@H](CC[C@]12O)[C@@](O)(CO)C3=O. The molecule has 4 saturated carbocycles. The molecule has 1 spiro atoms. The number of hydrogen-bond acceptors (Lipinski definition) is 5. The van der Waals surface area contributed by atoms with Crippen LogP contribution in [0.4, 0.5) is 0 Å². The van der Waals surface area contributed by atoms with E-state index in [4.69, 9.17) is 0 Å². The van der Waals surface area contributed by atoms with Gasteiger partial charge in [-0.05, 0) is 63.7 Å². The quantitative estimate of drug-likeness (QED) is 0.589. The molecule has 0 saturated heterocycles. The highest BCUT2D eigenvalue weighted by atomic mass is 16.4. The Labute approximate surface area is 153 Å². The summed E-state index contributed by atoms with van der Waals surface area (Å²) in [7, 11) is 0. The molecule has 4 aliphatic rings. The number of Topliss-reactive ketones (excluding diaryl/α,β-unsaturated/α-hetero) is 1. The van der Waals surface area contributed by atoms with E-state index in [1.807, 2.05) is 6.92 Å². The largest absolute Gasteiger partial charge is 0.481 e. The number of rotatable bonds is 2. The van der Waals surface area contributed by atoms with E-state index in [1.165, 1.54) is 0 Å². The molecule has 0 radical (unpaired) electrons. The smallest absolute Gasteiger partial charge is 0.309 e. The third-order valence-corrected chi connectivity index (χ3v) is 9.21. The standard InChI is InChI=1S/C20H30O6/c1-16(15(23)24)6-3-7-17(2)13(16)5-8-18-10-12(4-9-20(17,18)26)19(25,11-21)14(18)22/h12-13,21,25-26H,3-11H2,1-2H3,(H,23,24)/t12-,13+,16+,17+,18-,19-,20+/m0/s1. The van der Waals surface area contributed by atoms with E-state index >= 15 is 0 Å². The van der Waals surface area contributed by atoms with Crippen LogP contribution in [0.2, 0.25) is 0 Å². The number of carbonyl (C=O) groups excluding carboxylic acids is 1. The maximum atomic E-state index is 13.3. The van der Waals surface area contributed by atoms with Crippen LogP contribution < -0.4 is 0 Å². The summed E-state index contributed by atoms with van der Waals surface area (Å²) in [4.78, 5) is 25.4. The molecule has 0 aromatic carbocycles. The van der Waals surface area contributed by atoms with E-state index in [0.717, 1.165) is 0 Å². The molecule has 4 aliphatic carbocycles. The number of fused-ring (bicyclic) bond motifs is 3. The van der Waals surface area contributed by atoms with Crippen LogP contribution in [-0.2, 0) is 9.59 Å². The molecule has 0 aromatic rings. The Kier molecular flexibility index (Phi) is 3.60. The van der Waals surface area contributed by atoms with Crippen molar-refractivity contribution >= 4 is 11.8 Å². The Morgan fingerprint density at radius 1 is 1.12 bits per heavy atom. The van der Waals surface area contributed by atoms with Crippen molar-refractivity contribution in [2.75, 3.05) is 6.61 Å². The van der Waals surface area contributed by atoms with Crippen LogP contribution in [-0.4, -0.2) is 50.0 Å². The third-order valence-electron chi connectivity index (χ3n) is 9.21. The maximum Gasteiger partial charge on any atom is 0.309 e. The average molecular weight is 366 g/mol. The van der Waals surface area contributed by atoms with Gasteiger partial charge in [-0.2, -0.15) is 0 Å². The highest BCUT2D eigenvalue weighted by Gasteiger charge is 2.78. The molecule has 26 heavy (non-hydrogen) atoms. The first kappa shape index (κ1) is 18.4. The Morgan fingerprint density at radius 2 is 1.81 bits per heavy atom. The highest BCUT2D eigenvalue weighted by Crippen LogP contribution is 2.73. The first-order valence-electron chi connectivity index (χ1n) is 9.86. The molecule has 0 heterocycles. The van der Waals surface area contributed by atoms with Gasteiger partial charge in [0.1, 0.15) is 5.60 Å². The molecule has 2 bridgehead atoms. The molecule has 0 unspecified atom stereocenters. The Hall–Kier alpha value is -0.980. The molecule has 0 aromatic heterocycles. The predicted octanol–water partition coefficient (Wildman–Crippen LogP) is 1.50. The summed E-state index contributed by atoms with van der Waals surface area (Å²) in [6.07, 6.45) is 4.19. The molecule has 0 amide bonds. The Balaban J connectivity index is 1.85. The maximum absolute atomic E-state index is 13.3. The summed E-state index contributed by atoms with van der Waals surface area (Å²) < 4.78 is 0. The number of aliphatic hydroxyl groups excluding tert-OH is 1. The van der Waals surface area contributed by atoms with Gasteiger partial charge < -0.3 is 20.4 Å². The second-order valence-corrected chi connectivity index (χ2v) is 9.88. The monoisotopic (exact) mass is 366 g/mol. The van der Waals surface area contributed by atoms with Crippen LogP contribution in [0.3, 0.4) is 0 Å². The van der Waals surface area contributed by atoms with Crippen LogP contribution in [0.5, 0.6) is 0 Å². The lowest BCUT2D eigenvalue weighted by molar-refractivity contribution is -0.255. The molecule has 4 fully saturated rings. The molecular formula is C20H30O6. The molecule has 6 nitrogen and oxygen atoms in total. The summed E-state index contributed by atoms with van der Waals surface area (Å²) in [5.41, 5.74) is -5.74.